The lowest BCUT2D eigenvalue weighted by molar-refractivity contribution is -0.167. The second-order valence-corrected chi connectivity index (χ2v) is 18.5. The molecule has 0 aromatic carbocycles. The van der Waals surface area contributed by atoms with Gasteiger partial charge in [0.15, 0.2) is 6.10 Å². The van der Waals surface area contributed by atoms with E-state index < -0.39 is 6.10 Å². The van der Waals surface area contributed by atoms with Gasteiger partial charge in [-0.05, 0) is 122 Å². The Kier molecular flexibility index (Phi) is 55.0. The summed E-state index contributed by atoms with van der Waals surface area (Å²) >= 11 is 0. The number of hydrogen-bond donors (Lipinski definition) is 0. The van der Waals surface area contributed by atoms with Crippen LogP contribution in [-0.2, 0) is 28.6 Å². The van der Waals surface area contributed by atoms with Crippen LogP contribution in [0, 0.1) is 0 Å². The maximum Gasteiger partial charge on any atom is 0.306 e. The van der Waals surface area contributed by atoms with Crippen LogP contribution in [0.4, 0.5) is 0 Å². The fourth-order valence-electron chi connectivity index (χ4n) is 7.32. The van der Waals surface area contributed by atoms with Crippen LogP contribution < -0.4 is 0 Å². The molecule has 0 saturated heterocycles. The van der Waals surface area contributed by atoms with E-state index in [1.54, 1.807) is 0 Å². The van der Waals surface area contributed by atoms with Gasteiger partial charge in [-0.15, -0.1) is 0 Å². The van der Waals surface area contributed by atoms with Crippen LogP contribution in [0.2, 0.25) is 0 Å². The number of hydrogen-bond acceptors (Lipinski definition) is 6. The van der Waals surface area contributed by atoms with Gasteiger partial charge in [0, 0.05) is 19.3 Å². The number of allylic oxidation sites excluding steroid dienone is 24. The highest BCUT2D eigenvalue weighted by atomic mass is 16.6. The number of carbonyl (C=O) groups is 3. The molecule has 0 bridgehead atoms. The van der Waals surface area contributed by atoms with Gasteiger partial charge >= 0.3 is 17.9 Å². The third-order valence-electron chi connectivity index (χ3n) is 11.6. The van der Waals surface area contributed by atoms with E-state index in [0.29, 0.717) is 12.8 Å². The van der Waals surface area contributed by atoms with E-state index in [1.165, 1.54) is 57.8 Å². The molecule has 1 atom stereocenters. The molecule has 0 aliphatic rings. The monoisotopic (exact) mass is 993 g/mol. The molecule has 0 aromatic heterocycles. The van der Waals surface area contributed by atoms with Crippen LogP contribution in [0.5, 0.6) is 0 Å². The molecule has 6 nitrogen and oxygen atoms in total. The summed E-state index contributed by atoms with van der Waals surface area (Å²) in [5.41, 5.74) is 0. The topological polar surface area (TPSA) is 78.9 Å². The van der Waals surface area contributed by atoms with E-state index in [9.17, 15) is 14.4 Å². The van der Waals surface area contributed by atoms with Gasteiger partial charge in [-0.3, -0.25) is 14.4 Å². The van der Waals surface area contributed by atoms with Crippen LogP contribution >= 0.6 is 0 Å². The van der Waals surface area contributed by atoms with Gasteiger partial charge in [-0.25, -0.2) is 0 Å². The van der Waals surface area contributed by atoms with Crippen LogP contribution in [0.15, 0.2) is 146 Å². The molecule has 0 rings (SSSR count). The molecule has 0 aromatic rings. The quantitative estimate of drug-likeness (QED) is 0.0199. The third-order valence-corrected chi connectivity index (χ3v) is 11.6. The van der Waals surface area contributed by atoms with Crippen LogP contribution in [0.3, 0.4) is 0 Å². The Morgan fingerprint density at radius 1 is 0.306 bits per heavy atom. The molecule has 0 spiro atoms. The Balaban J connectivity index is 4.58. The largest absolute Gasteiger partial charge is 0.462 e. The summed E-state index contributed by atoms with van der Waals surface area (Å²) in [4.78, 5) is 38.2. The minimum Gasteiger partial charge on any atom is -0.462 e. The molecule has 72 heavy (non-hydrogen) atoms. The summed E-state index contributed by atoms with van der Waals surface area (Å²) in [6, 6.07) is 0. The lowest BCUT2D eigenvalue weighted by Gasteiger charge is -2.18. The maximum absolute atomic E-state index is 12.9. The molecule has 0 fully saturated rings. The molecule has 0 heterocycles. The van der Waals surface area contributed by atoms with Crippen molar-refractivity contribution >= 4 is 17.9 Å². The number of unbranched alkanes of at least 4 members (excludes halogenated alkanes) is 18. The molecule has 404 valence electrons. The van der Waals surface area contributed by atoms with Crippen LogP contribution in [0.25, 0.3) is 0 Å². The molecule has 0 N–H and O–H groups in total. The summed E-state index contributed by atoms with van der Waals surface area (Å²) < 4.78 is 16.8. The van der Waals surface area contributed by atoms with Crippen molar-refractivity contribution < 1.29 is 28.6 Å². The minimum absolute atomic E-state index is 0.119. The van der Waals surface area contributed by atoms with E-state index in [2.05, 4.69) is 167 Å². The summed E-state index contributed by atoms with van der Waals surface area (Å²) in [7, 11) is 0. The fraction of sp³-hybridized carbons (Fsp3) is 0.591. The molecule has 0 aliphatic heterocycles. The predicted octanol–water partition coefficient (Wildman–Crippen LogP) is 19.6. The van der Waals surface area contributed by atoms with Crippen LogP contribution in [-0.4, -0.2) is 37.2 Å². The Hall–Kier alpha value is -4.71. The first-order valence-corrected chi connectivity index (χ1v) is 28.9. The minimum atomic E-state index is -0.826. The van der Waals surface area contributed by atoms with Gasteiger partial charge in [0.2, 0.25) is 0 Å². The molecule has 0 aliphatic carbocycles. The summed E-state index contributed by atoms with van der Waals surface area (Å²) in [6.07, 6.45) is 84.0. The highest BCUT2D eigenvalue weighted by Crippen LogP contribution is 2.13. The number of esters is 3. The molecule has 1 unspecified atom stereocenters. The zero-order valence-corrected chi connectivity index (χ0v) is 46.1. The first-order valence-electron chi connectivity index (χ1n) is 28.9. The average Bonchev–Trinajstić information content (AvgIpc) is 3.38. The highest BCUT2D eigenvalue weighted by molar-refractivity contribution is 5.71. The normalized spacial score (nSPS) is 13.2. The van der Waals surface area contributed by atoms with Crippen molar-refractivity contribution in [3.63, 3.8) is 0 Å². The Bertz CT molecular complexity index is 1610. The third kappa shape index (κ3) is 56.2. The second-order valence-electron chi connectivity index (χ2n) is 18.5. The SMILES string of the molecule is CC/C=C\C/C=C\C/C=C\C/C=C\CCCCCCCCC(=O)OCC(COC(=O)CCC/C=C\C/C=C\C/C=C\C/C=C\CCCCC)OC(=O)CCCCCCC\C=C/C=C\C=C/C=C\CCCCC. The van der Waals surface area contributed by atoms with Crippen LogP contribution in [0.1, 0.15) is 233 Å². The number of ether oxygens (including phenoxy) is 3. The van der Waals surface area contributed by atoms with E-state index in [1.807, 2.05) is 0 Å². The fourth-order valence-corrected chi connectivity index (χ4v) is 7.32. The van der Waals surface area contributed by atoms with Crippen molar-refractivity contribution in [3.05, 3.63) is 146 Å². The summed E-state index contributed by atoms with van der Waals surface area (Å²) in [5.74, 6) is -1.02. The van der Waals surface area contributed by atoms with Gasteiger partial charge < -0.3 is 14.2 Å². The number of rotatable bonds is 50. The molecule has 6 heteroatoms. The van der Waals surface area contributed by atoms with Crippen molar-refractivity contribution in [1.82, 2.24) is 0 Å². The van der Waals surface area contributed by atoms with Gasteiger partial charge in [-0.1, -0.05) is 237 Å². The summed E-state index contributed by atoms with van der Waals surface area (Å²) in [5, 5.41) is 0. The van der Waals surface area contributed by atoms with Gasteiger partial charge in [0.05, 0.1) is 0 Å². The van der Waals surface area contributed by atoms with Crippen molar-refractivity contribution in [2.24, 2.45) is 0 Å². The Morgan fingerprint density at radius 3 is 1.03 bits per heavy atom. The molecule has 0 saturated carbocycles. The van der Waals surface area contributed by atoms with Gasteiger partial charge in [0.1, 0.15) is 13.2 Å². The molecule has 0 radical (unpaired) electrons. The van der Waals surface area contributed by atoms with Gasteiger partial charge in [0.25, 0.3) is 0 Å². The zero-order chi connectivity index (χ0) is 52.2. The van der Waals surface area contributed by atoms with E-state index in [4.69, 9.17) is 14.2 Å². The number of carbonyl (C=O) groups excluding carboxylic acids is 3. The van der Waals surface area contributed by atoms with Crippen molar-refractivity contribution in [3.8, 4) is 0 Å². The zero-order valence-electron chi connectivity index (χ0n) is 46.1. The maximum atomic E-state index is 12.9. The second kappa shape index (κ2) is 58.9. The smallest absolute Gasteiger partial charge is 0.306 e. The van der Waals surface area contributed by atoms with E-state index in [-0.39, 0.29) is 44.0 Å². The van der Waals surface area contributed by atoms with Crippen molar-refractivity contribution in [2.45, 2.75) is 239 Å². The van der Waals surface area contributed by atoms with Gasteiger partial charge in [-0.2, -0.15) is 0 Å². The Morgan fingerprint density at radius 2 is 0.611 bits per heavy atom. The lowest BCUT2D eigenvalue weighted by Crippen LogP contribution is -2.30. The standard InChI is InChI=1S/C66H104O6/c1-4-7-10-13-16-19-22-25-28-31-33-36-38-41-44-47-50-53-56-59-65(68)71-62-63(61-70-64(67)58-55-52-49-46-43-40-37-34-30-27-24-21-18-15-12-9-6-3)72-66(69)60-57-54-51-48-45-42-39-35-32-29-26-23-20-17-14-11-8-5-2/h7,10,16-21,23,25-30,32-33,35-37,39-40,46,49,63H,4-6,8-9,11-15,22,24,31,34,38,41-45,47-48,50-62H2,1-3H3/b10-7-,19-16-,20-17-,21-18-,26-23-,28-25-,30-27-,32-29-,36-33-,39-35-,40-37-,49-46-. The van der Waals surface area contributed by atoms with Crippen molar-refractivity contribution in [2.75, 3.05) is 13.2 Å². The van der Waals surface area contributed by atoms with E-state index in [0.717, 1.165) is 128 Å². The molecular formula is C66H104O6. The average molecular weight is 994 g/mol. The lowest BCUT2D eigenvalue weighted by atomic mass is 10.1. The summed E-state index contributed by atoms with van der Waals surface area (Å²) in [6.45, 7) is 6.37. The van der Waals surface area contributed by atoms with E-state index >= 15 is 0 Å². The molecule has 0 amide bonds. The first kappa shape index (κ1) is 67.3. The van der Waals surface area contributed by atoms with Crippen molar-refractivity contribution in [1.29, 1.82) is 0 Å². The first-order chi connectivity index (χ1) is 35.5. The predicted molar refractivity (Wildman–Crippen MR) is 311 cm³/mol. The molecular weight excluding hydrogens is 889 g/mol. The Labute approximate surface area is 442 Å². The highest BCUT2D eigenvalue weighted by Gasteiger charge is 2.19.